The third-order valence-electron chi connectivity index (χ3n) is 3.77. The second-order valence-corrected chi connectivity index (χ2v) is 5.11. The van der Waals surface area contributed by atoms with E-state index in [1.165, 1.54) is 19.0 Å². The van der Waals surface area contributed by atoms with Gasteiger partial charge >= 0.3 is 0 Å². The Kier molecular flexibility index (Phi) is 7.74. The number of nitrogens with one attached hydrogen (secondary N) is 2. The highest BCUT2D eigenvalue weighted by molar-refractivity contribution is 5.97. The molecule has 1 saturated carbocycles. The minimum atomic E-state index is -0.255. The van der Waals surface area contributed by atoms with Crippen LogP contribution in [0.15, 0.2) is 11.8 Å². The molecule has 2 N–H and O–H groups in total. The van der Waals surface area contributed by atoms with Gasteiger partial charge in [0.25, 0.3) is 5.91 Å². The highest BCUT2D eigenvalue weighted by Gasteiger charge is 2.19. The summed E-state index contributed by atoms with van der Waals surface area (Å²) in [6.07, 6.45) is 5.92. The van der Waals surface area contributed by atoms with E-state index >= 15 is 0 Å². The SMILES string of the molecule is CCN(CC)CCN/C=C(/C#N)C(=O)NC1CCCC1. The number of nitriles is 1. The van der Waals surface area contributed by atoms with E-state index in [0.29, 0.717) is 0 Å². The molecule has 112 valence electrons. The first-order valence-corrected chi connectivity index (χ1v) is 7.58. The number of amides is 1. The fourth-order valence-corrected chi connectivity index (χ4v) is 2.42. The average molecular weight is 278 g/mol. The first-order valence-electron chi connectivity index (χ1n) is 7.58. The molecule has 1 aliphatic rings. The Morgan fingerprint density at radius 3 is 2.55 bits per heavy atom. The molecular weight excluding hydrogens is 252 g/mol. The van der Waals surface area contributed by atoms with E-state index in [1.54, 1.807) is 0 Å². The van der Waals surface area contributed by atoms with Crippen LogP contribution in [0.2, 0.25) is 0 Å². The van der Waals surface area contributed by atoms with Gasteiger partial charge in [0.1, 0.15) is 11.6 Å². The molecule has 0 heterocycles. The zero-order valence-corrected chi connectivity index (χ0v) is 12.6. The maximum atomic E-state index is 11.9. The maximum absolute atomic E-state index is 11.9. The van der Waals surface area contributed by atoms with Crippen LogP contribution in [0.1, 0.15) is 39.5 Å². The van der Waals surface area contributed by atoms with Gasteiger partial charge in [-0.05, 0) is 25.9 Å². The van der Waals surface area contributed by atoms with Crippen molar-refractivity contribution in [3.8, 4) is 6.07 Å². The topological polar surface area (TPSA) is 68.2 Å². The summed E-state index contributed by atoms with van der Waals surface area (Å²) in [7, 11) is 0. The number of carbonyl (C=O) groups is 1. The lowest BCUT2D eigenvalue weighted by atomic mass is 10.2. The second kappa shape index (κ2) is 9.38. The van der Waals surface area contributed by atoms with Crippen LogP contribution in [0.3, 0.4) is 0 Å². The van der Waals surface area contributed by atoms with Crippen LogP contribution in [-0.4, -0.2) is 43.0 Å². The lowest BCUT2D eigenvalue weighted by Gasteiger charge is -2.17. The summed E-state index contributed by atoms with van der Waals surface area (Å²) in [5.74, 6) is -0.255. The minimum Gasteiger partial charge on any atom is -0.388 e. The summed E-state index contributed by atoms with van der Waals surface area (Å²) >= 11 is 0. The van der Waals surface area contributed by atoms with Crippen molar-refractivity contribution in [3.63, 3.8) is 0 Å². The van der Waals surface area contributed by atoms with Crippen molar-refractivity contribution in [3.05, 3.63) is 11.8 Å². The van der Waals surface area contributed by atoms with E-state index in [4.69, 9.17) is 5.26 Å². The number of hydrogen-bond acceptors (Lipinski definition) is 4. The van der Waals surface area contributed by atoms with Crippen LogP contribution in [0.4, 0.5) is 0 Å². The van der Waals surface area contributed by atoms with Gasteiger partial charge in [-0.15, -0.1) is 0 Å². The molecular formula is C15H26N4O. The standard InChI is InChI=1S/C15H26N4O/c1-3-19(4-2)10-9-17-12-13(11-16)15(20)18-14-7-5-6-8-14/h12,14,17H,3-10H2,1-2H3,(H,18,20)/b13-12-. The Morgan fingerprint density at radius 2 is 2.00 bits per heavy atom. The number of rotatable bonds is 8. The monoisotopic (exact) mass is 278 g/mol. The van der Waals surface area contributed by atoms with Gasteiger partial charge in [0, 0.05) is 25.3 Å². The largest absolute Gasteiger partial charge is 0.388 e. The summed E-state index contributed by atoms with van der Waals surface area (Å²) in [6, 6.07) is 2.21. The maximum Gasteiger partial charge on any atom is 0.263 e. The van der Waals surface area contributed by atoms with Gasteiger partial charge in [-0.25, -0.2) is 0 Å². The number of nitrogens with zero attached hydrogens (tertiary/aromatic N) is 2. The highest BCUT2D eigenvalue weighted by Crippen LogP contribution is 2.17. The smallest absolute Gasteiger partial charge is 0.263 e. The molecule has 0 atom stereocenters. The van der Waals surface area contributed by atoms with E-state index in [1.807, 2.05) is 6.07 Å². The number of carbonyl (C=O) groups excluding carboxylic acids is 1. The van der Waals surface area contributed by atoms with Crippen LogP contribution in [0.25, 0.3) is 0 Å². The third-order valence-corrected chi connectivity index (χ3v) is 3.77. The second-order valence-electron chi connectivity index (χ2n) is 5.11. The van der Waals surface area contributed by atoms with E-state index < -0.39 is 0 Å². The Morgan fingerprint density at radius 1 is 1.35 bits per heavy atom. The van der Waals surface area contributed by atoms with Gasteiger partial charge in [-0.3, -0.25) is 4.79 Å². The summed E-state index contributed by atoms with van der Waals surface area (Å²) in [5, 5.41) is 15.0. The molecule has 0 aliphatic heterocycles. The van der Waals surface area contributed by atoms with E-state index in [9.17, 15) is 4.79 Å². The van der Waals surface area contributed by atoms with Crippen LogP contribution >= 0.6 is 0 Å². The van der Waals surface area contributed by atoms with Gasteiger partial charge in [0.2, 0.25) is 0 Å². The van der Waals surface area contributed by atoms with Crippen LogP contribution < -0.4 is 10.6 Å². The molecule has 5 heteroatoms. The first-order chi connectivity index (χ1) is 9.71. The predicted octanol–water partition coefficient (Wildman–Crippen LogP) is 1.38. The third kappa shape index (κ3) is 5.62. The normalized spacial score (nSPS) is 16.2. The van der Waals surface area contributed by atoms with Crippen molar-refractivity contribution in [2.75, 3.05) is 26.2 Å². The molecule has 1 rings (SSSR count). The molecule has 0 aromatic heterocycles. The van der Waals surface area contributed by atoms with Crippen molar-refractivity contribution in [1.29, 1.82) is 5.26 Å². The molecule has 1 aliphatic carbocycles. The fraction of sp³-hybridized carbons (Fsp3) is 0.733. The zero-order chi connectivity index (χ0) is 14.8. The molecule has 5 nitrogen and oxygen atoms in total. The summed E-state index contributed by atoms with van der Waals surface area (Å²) in [6.45, 7) is 7.91. The summed E-state index contributed by atoms with van der Waals surface area (Å²) in [5.41, 5.74) is 0.163. The van der Waals surface area contributed by atoms with Crippen molar-refractivity contribution < 1.29 is 4.79 Å². The van der Waals surface area contributed by atoms with Crippen molar-refractivity contribution >= 4 is 5.91 Å². The Balaban J connectivity index is 2.34. The van der Waals surface area contributed by atoms with Crippen molar-refractivity contribution in [2.45, 2.75) is 45.6 Å². The average Bonchev–Trinajstić information content (AvgIpc) is 2.96. The lowest BCUT2D eigenvalue weighted by molar-refractivity contribution is -0.117. The number of hydrogen-bond donors (Lipinski definition) is 2. The van der Waals surface area contributed by atoms with Crippen molar-refractivity contribution in [2.24, 2.45) is 0 Å². The number of likely N-dealkylation sites (N-methyl/N-ethyl adjacent to an activating group) is 1. The zero-order valence-electron chi connectivity index (χ0n) is 12.6. The van der Waals surface area contributed by atoms with Crippen LogP contribution in [0, 0.1) is 11.3 Å². The van der Waals surface area contributed by atoms with E-state index in [0.717, 1.165) is 39.0 Å². The Hall–Kier alpha value is -1.54. The molecule has 20 heavy (non-hydrogen) atoms. The molecule has 1 fully saturated rings. The van der Waals surface area contributed by atoms with Crippen LogP contribution in [-0.2, 0) is 4.79 Å². The molecule has 0 bridgehead atoms. The van der Waals surface area contributed by atoms with Gasteiger partial charge in [-0.1, -0.05) is 26.7 Å². The lowest BCUT2D eigenvalue weighted by Crippen LogP contribution is -2.34. The highest BCUT2D eigenvalue weighted by atomic mass is 16.1. The van der Waals surface area contributed by atoms with E-state index in [2.05, 4.69) is 29.4 Å². The molecule has 0 aromatic carbocycles. The van der Waals surface area contributed by atoms with Gasteiger partial charge in [0.15, 0.2) is 0 Å². The Bertz CT molecular complexity index is 363. The first kappa shape index (κ1) is 16.5. The van der Waals surface area contributed by atoms with Crippen molar-refractivity contribution in [1.82, 2.24) is 15.5 Å². The Labute approximate surface area is 122 Å². The molecule has 0 saturated heterocycles. The molecule has 0 radical (unpaired) electrons. The minimum absolute atomic E-state index is 0.163. The van der Waals surface area contributed by atoms with E-state index in [-0.39, 0.29) is 17.5 Å². The predicted molar refractivity (Wildman–Crippen MR) is 79.9 cm³/mol. The molecule has 0 unspecified atom stereocenters. The molecule has 1 amide bonds. The van der Waals surface area contributed by atoms with Gasteiger partial charge < -0.3 is 15.5 Å². The molecule has 0 aromatic rings. The fourth-order valence-electron chi connectivity index (χ4n) is 2.42. The summed E-state index contributed by atoms with van der Waals surface area (Å²) in [4.78, 5) is 14.2. The van der Waals surface area contributed by atoms with Gasteiger partial charge in [0.05, 0.1) is 0 Å². The summed E-state index contributed by atoms with van der Waals surface area (Å²) < 4.78 is 0. The van der Waals surface area contributed by atoms with Gasteiger partial charge in [-0.2, -0.15) is 5.26 Å². The quantitative estimate of drug-likeness (QED) is 0.400. The molecule has 0 spiro atoms. The van der Waals surface area contributed by atoms with Crippen LogP contribution in [0.5, 0.6) is 0 Å².